The van der Waals surface area contributed by atoms with E-state index < -0.39 is 41.4 Å². The van der Waals surface area contributed by atoms with E-state index in [0.29, 0.717) is 21.4 Å². The van der Waals surface area contributed by atoms with Gasteiger partial charge in [0.25, 0.3) is 5.56 Å². The Morgan fingerprint density at radius 1 is 1.34 bits per heavy atom. The van der Waals surface area contributed by atoms with E-state index in [1.807, 2.05) is 0 Å². The van der Waals surface area contributed by atoms with Crippen molar-refractivity contribution in [3.63, 3.8) is 0 Å². The highest BCUT2D eigenvalue weighted by Crippen LogP contribution is 2.32. The van der Waals surface area contributed by atoms with Crippen molar-refractivity contribution in [2.24, 2.45) is 0 Å². The summed E-state index contributed by atoms with van der Waals surface area (Å²) in [5.41, 5.74) is -3.52. The van der Waals surface area contributed by atoms with E-state index in [0.717, 1.165) is 0 Å². The van der Waals surface area contributed by atoms with Crippen molar-refractivity contribution in [2.75, 3.05) is 13.2 Å². The average Bonchev–Trinajstić information content (AvgIpc) is 3.12. The molecule has 1 aromatic heterocycles. The fourth-order valence-electron chi connectivity index (χ4n) is 3.08. The second kappa shape index (κ2) is 9.87. The zero-order valence-corrected chi connectivity index (χ0v) is 17.8. The van der Waals surface area contributed by atoms with E-state index in [1.54, 1.807) is 29.2 Å². The van der Waals surface area contributed by atoms with Crippen LogP contribution in [0.3, 0.4) is 0 Å². The van der Waals surface area contributed by atoms with Crippen molar-refractivity contribution in [3.05, 3.63) is 67.4 Å². The SMILES string of the molecule is C#CCO[C@H]1C[C@H](n2cc(C(F)(F)F)c(=O)[nH]c2=O)O[C@@H]1COC(=S)c1ccc(Cl)cc1. The molecule has 170 valence electrons. The monoisotopic (exact) mass is 488 g/mol. The van der Waals surface area contributed by atoms with E-state index in [1.165, 1.54) is 0 Å². The van der Waals surface area contributed by atoms with Crippen molar-refractivity contribution in [1.29, 1.82) is 0 Å². The van der Waals surface area contributed by atoms with Crippen LogP contribution in [-0.4, -0.2) is 40.0 Å². The highest BCUT2D eigenvalue weighted by atomic mass is 35.5. The number of alkyl halides is 3. The van der Waals surface area contributed by atoms with Gasteiger partial charge < -0.3 is 14.2 Å². The Morgan fingerprint density at radius 3 is 2.66 bits per heavy atom. The Kier molecular flexibility index (Phi) is 7.40. The minimum Gasteiger partial charge on any atom is -0.480 e. The molecular formula is C20H16ClF3N2O5S. The Morgan fingerprint density at radius 2 is 2.03 bits per heavy atom. The largest absolute Gasteiger partial charge is 0.480 e. The third-order valence-corrected chi connectivity index (χ3v) is 5.21. The highest BCUT2D eigenvalue weighted by molar-refractivity contribution is 7.80. The number of hydrogen-bond acceptors (Lipinski definition) is 6. The van der Waals surface area contributed by atoms with Gasteiger partial charge in [-0.05, 0) is 36.5 Å². The number of benzene rings is 1. The van der Waals surface area contributed by atoms with Gasteiger partial charge in [-0.15, -0.1) is 6.42 Å². The minimum absolute atomic E-state index is 0.00728. The Hall–Kier alpha value is -2.65. The van der Waals surface area contributed by atoms with Crippen LogP contribution in [0.5, 0.6) is 0 Å². The van der Waals surface area contributed by atoms with E-state index in [4.69, 9.17) is 44.5 Å². The van der Waals surface area contributed by atoms with Gasteiger partial charge in [-0.2, -0.15) is 13.2 Å². The number of ether oxygens (including phenoxy) is 3. The zero-order chi connectivity index (χ0) is 23.5. The number of nitrogens with one attached hydrogen (secondary N) is 1. The van der Waals surface area contributed by atoms with Crippen LogP contribution in [-0.2, 0) is 20.4 Å². The predicted octanol–water partition coefficient (Wildman–Crippen LogP) is 2.91. The van der Waals surface area contributed by atoms with Crippen LogP contribution >= 0.6 is 23.8 Å². The molecule has 1 aliphatic rings. The quantitative estimate of drug-likeness (QED) is 0.497. The van der Waals surface area contributed by atoms with E-state index >= 15 is 0 Å². The smallest absolute Gasteiger partial charge is 0.423 e. The molecule has 0 amide bonds. The number of rotatable bonds is 6. The predicted molar refractivity (Wildman–Crippen MR) is 113 cm³/mol. The van der Waals surface area contributed by atoms with Crippen LogP contribution in [0.2, 0.25) is 5.02 Å². The van der Waals surface area contributed by atoms with Crippen molar-refractivity contribution < 1.29 is 27.4 Å². The number of aromatic amines is 1. The molecule has 2 heterocycles. The van der Waals surface area contributed by atoms with Crippen molar-refractivity contribution in [3.8, 4) is 12.3 Å². The first-order valence-corrected chi connectivity index (χ1v) is 9.94. The first kappa shape index (κ1) is 24.0. The van der Waals surface area contributed by atoms with Crippen molar-refractivity contribution >= 4 is 28.9 Å². The third kappa shape index (κ3) is 5.58. The summed E-state index contributed by atoms with van der Waals surface area (Å²) < 4.78 is 56.8. The van der Waals surface area contributed by atoms with Crippen LogP contribution in [0.4, 0.5) is 13.2 Å². The van der Waals surface area contributed by atoms with Crippen LogP contribution in [0.25, 0.3) is 0 Å². The second-order valence-electron chi connectivity index (χ2n) is 6.73. The van der Waals surface area contributed by atoms with Crippen molar-refractivity contribution in [2.45, 2.75) is 31.0 Å². The molecule has 12 heteroatoms. The topological polar surface area (TPSA) is 82.6 Å². The maximum absolute atomic E-state index is 13.1. The normalized spacial score (nSPS) is 20.7. The lowest BCUT2D eigenvalue weighted by atomic mass is 10.2. The molecule has 1 saturated heterocycles. The molecule has 0 saturated carbocycles. The summed E-state index contributed by atoms with van der Waals surface area (Å²) in [6, 6.07) is 6.59. The number of terminal acetylenes is 1. The number of H-pyrrole nitrogens is 1. The minimum atomic E-state index is -4.95. The second-order valence-corrected chi connectivity index (χ2v) is 7.54. The molecule has 0 spiro atoms. The third-order valence-electron chi connectivity index (χ3n) is 4.60. The number of thiocarbonyl (C=S) groups is 1. The molecule has 7 nitrogen and oxygen atoms in total. The molecule has 3 rings (SSSR count). The van der Waals surface area contributed by atoms with Crippen LogP contribution in [0.1, 0.15) is 23.8 Å². The van der Waals surface area contributed by atoms with E-state index in [2.05, 4.69) is 5.92 Å². The molecule has 0 radical (unpaired) electrons. The number of halogens is 4. The average molecular weight is 489 g/mol. The van der Waals surface area contributed by atoms with Gasteiger partial charge in [0.1, 0.15) is 31.1 Å². The molecular weight excluding hydrogens is 473 g/mol. The Bertz CT molecular complexity index is 1140. The first-order chi connectivity index (χ1) is 15.1. The van der Waals surface area contributed by atoms with Gasteiger partial charge >= 0.3 is 11.9 Å². The lowest BCUT2D eigenvalue weighted by Gasteiger charge is -2.19. The zero-order valence-electron chi connectivity index (χ0n) is 16.2. The Balaban J connectivity index is 1.79. The molecule has 1 aliphatic heterocycles. The van der Waals surface area contributed by atoms with Crippen LogP contribution in [0, 0.1) is 12.3 Å². The van der Waals surface area contributed by atoms with Crippen molar-refractivity contribution in [1.82, 2.24) is 9.55 Å². The van der Waals surface area contributed by atoms with Gasteiger partial charge in [-0.3, -0.25) is 14.3 Å². The lowest BCUT2D eigenvalue weighted by Crippen LogP contribution is -2.36. The van der Waals surface area contributed by atoms with Gasteiger partial charge in [0.2, 0.25) is 0 Å². The summed E-state index contributed by atoms with van der Waals surface area (Å²) in [5.74, 6) is 2.29. The summed E-state index contributed by atoms with van der Waals surface area (Å²) >= 11 is 11.1. The summed E-state index contributed by atoms with van der Waals surface area (Å²) in [6.07, 6.45) is -1.97. The van der Waals surface area contributed by atoms with Crippen LogP contribution < -0.4 is 11.2 Å². The maximum atomic E-state index is 13.1. The lowest BCUT2D eigenvalue weighted by molar-refractivity contribution is -0.139. The van der Waals surface area contributed by atoms with Gasteiger partial charge in [0, 0.05) is 23.2 Å². The molecule has 32 heavy (non-hydrogen) atoms. The molecule has 3 atom stereocenters. The standard InChI is InChI=1S/C20H16ClF3N2O5S/c1-2-7-29-14-8-16(26-9-13(20(22,23)24)17(27)25-19(26)28)31-15(14)10-30-18(32)11-3-5-12(21)6-4-11/h1,3-6,9,14-16H,7-8,10H2,(H,25,27,28)/t14-,15+,16+/m0/s1. The van der Waals surface area contributed by atoms with E-state index in [9.17, 15) is 22.8 Å². The molecule has 2 aromatic rings. The van der Waals surface area contributed by atoms with Gasteiger partial charge in [-0.1, -0.05) is 17.5 Å². The van der Waals surface area contributed by atoms with Gasteiger partial charge in [-0.25, -0.2) is 4.79 Å². The summed E-state index contributed by atoms with van der Waals surface area (Å²) in [5, 5.41) is 0.663. The van der Waals surface area contributed by atoms with E-state index in [-0.39, 0.29) is 24.7 Å². The molecule has 0 bridgehead atoms. The fourth-order valence-corrected chi connectivity index (χ4v) is 3.41. The number of nitrogens with zero attached hydrogens (tertiary/aromatic N) is 1. The van der Waals surface area contributed by atoms with Gasteiger partial charge in [0.15, 0.2) is 5.05 Å². The molecule has 1 aromatic carbocycles. The first-order valence-electron chi connectivity index (χ1n) is 9.16. The molecule has 0 unspecified atom stereocenters. The Labute approximate surface area is 190 Å². The summed E-state index contributed by atoms with van der Waals surface area (Å²) in [4.78, 5) is 25.3. The van der Waals surface area contributed by atoms with Crippen LogP contribution in [0.15, 0.2) is 40.1 Å². The molecule has 0 aliphatic carbocycles. The summed E-state index contributed by atoms with van der Waals surface area (Å²) in [7, 11) is 0. The molecule has 1 fully saturated rings. The van der Waals surface area contributed by atoms with Gasteiger partial charge in [0.05, 0.1) is 6.10 Å². The fraction of sp³-hybridized carbons (Fsp3) is 0.350. The number of aromatic nitrogens is 2. The maximum Gasteiger partial charge on any atom is 0.423 e. The highest BCUT2D eigenvalue weighted by Gasteiger charge is 2.40. The molecule has 1 N–H and O–H groups in total. The number of hydrogen-bond donors (Lipinski definition) is 1. The summed E-state index contributed by atoms with van der Waals surface area (Å²) in [6.45, 7) is -0.204.